The van der Waals surface area contributed by atoms with Crippen LogP contribution in [0.1, 0.15) is 25.3 Å². The van der Waals surface area contributed by atoms with E-state index in [1.54, 1.807) is 0 Å². The summed E-state index contributed by atoms with van der Waals surface area (Å²) < 4.78 is 5.50. The van der Waals surface area contributed by atoms with Crippen molar-refractivity contribution in [3.8, 4) is 5.75 Å². The Kier molecular flexibility index (Phi) is 3.13. The standard InChI is InChI=1S/C13H16O3/c1-2-9-3-7-11(8-4-9)16-12(13(14)15)10-5-6-10/h3-4,7-8,10,12H,2,5-6H2,1H3,(H,14,15). The number of aryl methyl sites for hydroxylation is 1. The predicted octanol–water partition coefficient (Wildman–Crippen LogP) is 2.49. The molecule has 0 amide bonds. The van der Waals surface area contributed by atoms with Gasteiger partial charge < -0.3 is 9.84 Å². The molecule has 1 unspecified atom stereocenters. The number of carbonyl (C=O) groups is 1. The molecule has 86 valence electrons. The van der Waals surface area contributed by atoms with Crippen molar-refractivity contribution in [2.24, 2.45) is 5.92 Å². The molecule has 0 saturated heterocycles. The number of carboxylic acid groups (broad SMARTS) is 1. The molecule has 1 fully saturated rings. The quantitative estimate of drug-likeness (QED) is 0.829. The van der Waals surface area contributed by atoms with E-state index in [4.69, 9.17) is 9.84 Å². The maximum Gasteiger partial charge on any atom is 0.345 e. The van der Waals surface area contributed by atoms with Crippen LogP contribution in [0.3, 0.4) is 0 Å². The SMILES string of the molecule is CCc1ccc(OC(C(=O)O)C2CC2)cc1. The Morgan fingerprint density at radius 1 is 1.44 bits per heavy atom. The van der Waals surface area contributed by atoms with E-state index in [9.17, 15) is 4.79 Å². The van der Waals surface area contributed by atoms with Crippen LogP contribution in [0.15, 0.2) is 24.3 Å². The number of rotatable bonds is 5. The minimum Gasteiger partial charge on any atom is -0.478 e. The Hall–Kier alpha value is -1.51. The first-order valence-electron chi connectivity index (χ1n) is 5.69. The molecule has 1 N–H and O–H groups in total. The van der Waals surface area contributed by atoms with Crippen molar-refractivity contribution in [1.82, 2.24) is 0 Å². The van der Waals surface area contributed by atoms with Crippen molar-refractivity contribution in [3.63, 3.8) is 0 Å². The molecule has 1 atom stereocenters. The van der Waals surface area contributed by atoms with Crippen LogP contribution in [0.4, 0.5) is 0 Å². The monoisotopic (exact) mass is 220 g/mol. The minimum atomic E-state index is -0.859. The van der Waals surface area contributed by atoms with Gasteiger partial charge in [0.15, 0.2) is 6.10 Å². The van der Waals surface area contributed by atoms with Gasteiger partial charge >= 0.3 is 5.97 Å². The van der Waals surface area contributed by atoms with Crippen LogP contribution in [-0.4, -0.2) is 17.2 Å². The Labute approximate surface area is 95.0 Å². The molecule has 0 aliphatic heterocycles. The maximum absolute atomic E-state index is 11.0. The van der Waals surface area contributed by atoms with E-state index in [-0.39, 0.29) is 5.92 Å². The molecule has 16 heavy (non-hydrogen) atoms. The lowest BCUT2D eigenvalue weighted by atomic mass is 10.1. The summed E-state index contributed by atoms with van der Waals surface area (Å²) in [5.74, 6) is -0.0121. The average molecular weight is 220 g/mol. The van der Waals surface area contributed by atoms with Crippen molar-refractivity contribution >= 4 is 5.97 Å². The highest BCUT2D eigenvalue weighted by atomic mass is 16.5. The van der Waals surface area contributed by atoms with Crippen molar-refractivity contribution < 1.29 is 14.6 Å². The fraction of sp³-hybridized carbons (Fsp3) is 0.462. The van der Waals surface area contributed by atoms with Crippen molar-refractivity contribution in [1.29, 1.82) is 0 Å². The summed E-state index contributed by atoms with van der Waals surface area (Å²) in [7, 11) is 0. The highest BCUT2D eigenvalue weighted by Crippen LogP contribution is 2.35. The predicted molar refractivity (Wildman–Crippen MR) is 60.6 cm³/mol. The van der Waals surface area contributed by atoms with Gasteiger partial charge in [0.2, 0.25) is 0 Å². The largest absolute Gasteiger partial charge is 0.478 e. The highest BCUT2D eigenvalue weighted by Gasteiger charge is 2.38. The van der Waals surface area contributed by atoms with Gasteiger partial charge in [-0.3, -0.25) is 0 Å². The minimum absolute atomic E-state index is 0.198. The topological polar surface area (TPSA) is 46.5 Å². The lowest BCUT2D eigenvalue weighted by Crippen LogP contribution is -2.29. The first kappa shape index (κ1) is 11.0. The van der Waals surface area contributed by atoms with Crippen LogP contribution in [-0.2, 0) is 11.2 Å². The summed E-state index contributed by atoms with van der Waals surface area (Å²) in [5.41, 5.74) is 1.23. The zero-order chi connectivity index (χ0) is 11.5. The van der Waals surface area contributed by atoms with E-state index in [1.807, 2.05) is 24.3 Å². The fourth-order valence-corrected chi connectivity index (χ4v) is 1.70. The number of hydrogen-bond donors (Lipinski definition) is 1. The molecule has 0 heterocycles. The third kappa shape index (κ3) is 2.54. The number of carboxylic acids is 1. The van der Waals surface area contributed by atoms with Gasteiger partial charge in [-0.1, -0.05) is 19.1 Å². The first-order valence-corrected chi connectivity index (χ1v) is 5.69. The Bertz CT molecular complexity index is 365. The summed E-state index contributed by atoms with van der Waals surface area (Å²) in [6, 6.07) is 7.64. The molecule has 1 aliphatic carbocycles. The van der Waals surface area contributed by atoms with Crippen LogP contribution in [0.2, 0.25) is 0 Å². The molecule has 3 nitrogen and oxygen atoms in total. The lowest BCUT2D eigenvalue weighted by molar-refractivity contribution is -0.146. The van der Waals surface area contributed by atoms with Crippen molar-refractivity contribution in [2.45, 2.75) is 32.3 Å². The molecule has 0 spiro atoms. The number of hydrogen-bond acceptors (Lipinski definition) is 2. The summed E-state index contributed by atoms with van der Waals surface area (Å²) in [6.07, 6.45) is 2.23. The molecular weight excluding hydrogens is 204 g/mol. The molecule has 0 bridgehead atoms. The Morgan fingerprint density at radius 3 is 2.50 bits per heavy atom. The molecular formula is C13H16O3. The van der Waals surface area contributed by atoms with Gasteiger partial charge in [-0.15, -0.1) is 0 Å². The van der Waals surface area contributed by atoms with E-state index < -0.39 is 12.1 Å². The molecule has 1 aromatic rings. The van der Waals surface area contributed by atoms with Gasteiger partial charge in [0.1, 0.15) is 5.75 Å². The van der Waals surface area contributed by atoms with Gasteiger partial charge in [-0.25, -0.2) is 4.79 Å². The lowest BCUT2D eigenvalue weighted by Gasteiger charge is -2.14. The summed E-state index contributed by atoms with van der Waals surface area (Å²) in [4.78, 5) is 11.0. The third-order valence-electron chi connectivity index (χ3n) is 2.89. The van der Waals surface area contributed by atoms with Crippen LogP contribution in [0.5, 0.6) is 5.75 Å². The average Bonchev–Trinajstić information content (AvgIpc) is 3.10. The van der Waals surface area contributed by atoms with E-state index in [1.165, 1.54) is 5.56 Å². The van der Waals surface area contributed by atoms with Gasteiger partial charge in [-0.2, -0.15) is 0 Å². The van der Waals surface area contributed by atoms with Gasteiger partial charge in [-0.05, 0) is 37.0 Å². The molecule has 1 aromatic carbocycles. The zero-order valence-corrected chi connectivity index (χ0v) is 9.35. The van der Waals surface area contributed by atoms with Crippen LogP contribution in [0, 0.1) is 5.92 Å². The Morgan fingerprint density at radius 2 is 2.06 bits per heavy atom. The molecule has 0 aromatic heterocycles. The van der Waals surface area contributed by atoms with Crippen molar-refractivity contribution in [2.75, 3.05) is 0 Å². The smallest absolute Gasteiger partial charge is 0.345 e. The summed E-state index contributed by atoms with van der Waals surface area (Å²) >= 11 is 0. The summed E-state index contributed by atoms with van der Waals surface area (Å²) in [5, 5.41) is 9.02. The van der Waals surface area contributed by atoms with Crippen molar-refractivity contribution in [3.05, 3.63) is 29.8 Å². The zero-order valence-electron chi connectivity index (χ0n) is 9.35. The molecule has 2 rings (SSSR count). The first-order chi connectivity index (χ1) is 7.70. The number of benzene rings is 1. The maximum atomic E-state index is 11.0. The second-order valence-electron chi connectivity index (χ2n) is 4.21. The second kappa shape index (κ2) is 4.56. The van der Waals surface area contributed by atoms with Crippen LogP contribution in [0.25, 0.3) is 0 Å². The number of ether oxygens (including phenoxy) is 1. The molecule has 1 aliphatic rings. The van der Waals surface area contributed by atoms with Crippen LogP contribution >= 0.6 is 0 Å². The van der Waals surface area contributed by atoms with Gasteiger partial charge in [0, 0.05) is 5.92 Å². The fourth-order valence-electron chi connectivity index (χ4n) is 1.70. The van der Waals surface area contributed by atoms with Gasteiger partial charge in [0.25, 0.3) is 0 Å². The van der Waals surface area contributed by atoms with Crippen LogP contribution < -0.4 is 4.74 Å². The van der Waals surface area contributed by atoms with E-state index in [0.29, 0.717) is 5.75 Å². The number of aliphatic carboxylic acids is 1. The molecule has 1 saturated carbocycles. The van der Waals surface area contributed by atoms with E-state index >= 15 is 0 Å². The molecule has 0 radical (unpaired) electrons. The Balaban J connectivity index is 2.03. The normalized spacial score (nSPS) is 16.8. The van der Waals surface area contributed by atoms with Gasteiger partial charge in [0.05, 0.1) is 0 Å². The third-order valence-corrected chi connectivity index (χ3v) is 2.89. The summed E-state index contributed by atoms with van der Waals surface area (Å²) in [6.45, 7) is 2.08. The molecule has 3 heteroatoms. The second-order valence-corrected chi connectivity index (χ2v) is 4.21. The van der Waals surface area contributed by atoms with E-state index in [2.05, 4.69) is 6.92 Å². The van der Waals surface area contributed by atoms with E-state index in [0.717, 1.165) is 19.3 Å². The highest BCUT2D eigenvalue weighted by molar-refractivity contribution is 5.73.